The van der Waals surface area contributed by atoms with Crippen LogP contribution in [0.15, 0.2) is 17.6 Å². The van der Waals surface area contributed by atoms with Crippen molar-refractivity contribution < 1.29 is 29.6 Å². The van der Waals surface area contributed by atoms with Crippen molar-refractivity contribution in [1.82, 2.24) is 0 Å². The number of carbonyl (C=O) groups excluding carboxylic acids is 1. The van der Waals surface area contributed by atoms with Gasteiger partial charge in [-0.3, -0.25) is 0 Å². The van der Waals surface area contributed by atoms with E-state index in [9.17, 15) is 9.59 Å². The molecule has 17 heavy (non-hydrogen) atoms. The molecule has 3 N–H and O–H groups in total. The third-order valence-electron chi connectivity index (χ3n) is 1.36. The number of carbonyl (C=O) groups is 1. The van der Waals surface area contributed by atoms with Gasteiger partial charge in [0, 0.05) is 6.08 Å². The smallest absolute Gasteiger partial charge is 0.327 e. The van der Waals surface area contributed by atoms with Crippen LogP contribution < -0.4 is 0 Å². The molecule has 0 saturated heterocycles. The summed E-state index contributed by atoms with van der Waals surface area (Å²) in [7, 11) is 0. The van der Waals surface area contributed by atoms with Crippen molar-refractivity contribution in [2.24, 2.45) is 4.99 Å². The Balaban J connectivity index is 0. The minimum Gasteiger partial charge on any atom is -0.478 e. The van der Waals surface area contributed by atoms with Crippen LogP contribution >= 0.6 is 0 Å². The van der Waals surface area contributed by atoms with Crippen molar-refractivity contribution >= 4 is 12.0 Å². The summed E-state index contributed by atoms with van der Waals surface area (Å²) in [4.78, 5) is 22.1. The van der Waals surface area contributed by atoms with Crippen molar-refractivity contribution in [3.8, 4) is 0 Å². The molecule has 0 aliphatic heterocycles. The number of carboxylic acids is 1. The summed E-state index contributed by atoms with van der Waals surface area (Å²) in [5.74, 6) is -0.981. The van der Waals surface area contributed by atoms with E-state index in [0.717, 1.165) is 6.08 Å². The predicted octanol–water partition coefficient (Wildman–Crippen LogP) is -0.661. The minimum absolute atomic E-state index is 0.0563. The molecule has 0 aromatic carbocycles. The van der Waals surface area contributed by atoms with E-state index in [4.69, 9.17) is 20.1 Å². The molecule has 0 aliphatic rings. The number of aliphatic carboxylic acids is 1. The third-order valence-corrected chi connectivity index (χ3v) is 1.36. The average Bonchev–Trinajstić information content (AvgIpc) is 2.30. The second kappa shape index (κ2) is 14.5. The Hall–Kier alpha value is -1.53. The fraction of sp³-hybridized carbons (Fsp3) is 0.600. The standard InChI is InChI=1S/C7H13NO4.C3H4O2/c9-3-4-12-5-7(11)1-2-8-6-10;1-2-3(4)5/h7,9,11H,1-5H2;2H,1H2,(H,4,5). The van der Waals surface area contributed by atoms with Gasteiger partial charge in [-0.15, -0.1) is 0 Å². The van der Waals surface area contributed by atoms with Gasteiger partial charge in [0.1, 0.15) is 0 Å². The van der Waals surface area contributed by atoms with Crippen LogP contribution in [0.1, 0.15) is 6.42 Å². The molecule has 0 radical (unpaired) electrons. The van der Waals surface area contributed by atoms with Crippen LogP contribution in [0.2, 0.25) is 0 Å². The quantitative estimate of drug-likeness (QED) is 0.227. The molecule has 98 valence electrons. The zero-order valence-corrected chi connectivity index (χ0v) is 9.41. The number of nitrogens with zero attached hydrogens (tertiary/aromatic N) is 1. The second-order valence-electron chi connectivity index (χ2n) is 2.76. The molecule has 7 heteroatoms. The van der Waals surface area contributed by atoms with Crippen molar-refractivity contribution in [1.29, 1.82) is 0 Å². The Labute approximate surface area is 99.1 Å². The predicted molar refractivity (Wildman–Crippen MR) is 59.3 cm³/mol. The normalized spacial score (nSPS) is 10.5. The average molecular weight is 247 g/mol. The zero-order chi connectivity index (χ0) is 13.5. The second-order valence-corrected chi connectivity index (χ2v) is 2.76. The highest BCUT2D eigenvalue weighted by molar-refractivity contribution is 5.78. The molecular formula is C10H17NO6. The van der Waals surface area contributed by atoms with Gasteiger partial charge in [-0.2, -0.15) is 0 Å². The fourth-order valence-corrected chi connectivity index (χ4v) is 0.626. The minimum atomic E-state index is -0.981. The van der Waals surface area contributed by atoms with Crippen LogP contribution in [0.25, 0.3) is 0 Å². The van der Waals surface area contributed by atoms with Gasteiger partial charge in [0.05, 0.1) is 32.5 Å². The van der Waals surface area contributed by atoms with E-state index in [0.29, 0.717) is 6.42 Å². The van der Waals surface area contributed by atoms with Gasteiger partial charge in [0.25, 0.3) is 0 Å². The first-order valence-electron chi connectivity index (χ1n) is 4.84. The number of carboxylic acid groups (broad SMARTS) is 1. The van der Waals surface area contributed by atoms with Gasteiger partial charge in [0.2, 0.25) is 6.08 Å². The number of aliphatic hydroxyl groups excluding tert-OH is 2. The summed E-state index contributed by atoms with van der Waals surface area (Å²) in [6, 6.07) is 0. The van der Waals surface area contributed by atoms with E-state index in [1.807, 2.05) is 0 Å². The first kappa shape index (κ1) is 17.9. The lowest BCUT2D eigenvalue weighted by molar-refractivity contribution is -0.131. The number of aliphatic imine (C=N–C) groups is 1. The molecule has 0 spiro atoms. The molecule has 0 saturated carbocycles. The van der Waals surface area contributed by atoms with Gasteiger partial charge in [0.15, 0.2) is 0 Å². The molecule has 0 heterocycles. The molecule has 0 aliphatic carbocycles. The maximum absolute atomic E-state index is 9.61. The molecule has 0 rings (SSSR count). The monoisotopic (exact) mass is 247 g/mol. The fourth-order valence-electron chi connectivity index (χ4n) is 0.626. The summed E-state index contributed by atoms with van der Waals surface area (Å²) in [6.07, 6.45) is 1.95. The van der Waals surface area contributed by atoms with Crippen molar-refractivity contribution in [2.45, 2.75) is 12.5 Å². The summed E-state index contributed by atoms with van der Waals surface area (Å²) in [5.41, 5.74) is 0. The van der Waals surface area contributed by atoms with Crippen molar-refractivity contribution in [2.75, 3.05) is 26.4 Å². The first-order valence-corrected chi connectivity index (χ1v) is 4.84. The Kier molecular flexibility index (Phi) is 15.2. The molecule has 0 bridgehead atoms. The van der Waals surface area contributed by atoms with Crippen molar-refractivity contribution in [3.05, 3.63) is 12.7 Å². The summed E-state index contributed by atoms with van der Waals surface area (Å²) in [6.45, 7) is 3.54. The van der Waals surface area contributed by atoms with E-state index >= 15 is 0 Å². The van der Waals surface area contributed by atoms with Gasteiger partial charge >= 0.3 is 5.97 Å². The maximum atomic E-state index is 9.61. The Morgan fingerprint density at radius 1 is 1.59 bits per heavy atom. The number of ether oxygens (including phenoxy) is 1. The SMILES string of the molecule is C=CC(=O)O.O=C=NCCC(O)COCCO. The third kappa shape index (κ3) is 20.5. The van der Waals surface area contributed by atoms with Crippen LogP contribution in [-0.4, -0.2) is 59.8 Å². The maximum Gasteiger partial charge on any atom is 0.327 e. The summed E-state index contributed by atoms with van der Waals surface area (Å²) >= 11 is 0. The number of aliphatic hydroxyl groups is 2. The Morgan fingerprint density at radius 3 is 2.59 bits per heavy atom. The highest BCUT2D eigenvalue weighted by Crippen LogP contribution is 1.92. The van der Waals surface area contributed by atoms with E-state index < -0.39 is 12.1 Å². The number of rotatable bonds is 8. The van der Waals surface area contributed by atoms with Crippen LogP contribution in [0.5, 0.6) is 0 Å². The summed E-state index contributed by atoms with van der Waals surface area (Å²) < 4.78 is 4.84. The van der Waals surface area contributed by atoms with Gasteiger partial charge in [-0.1, -0.05) is 6.58 Å². The van der Waals surface area contributed by atoms with E-state index in [-0.39, 0.29) is 26.4 Å². The zero-order valence-electron chi connectivity index (χ0n) is 9.41. The molecule has 0 fully saturated rings. The first-order chi connectivity index (χ1) is 8.08. The lowest BCUT2D eigenvalue weighted by atomic mass is 10.3. The van der Waals surface area contributed by atoms with Gasteiger partial charge in [-0.25, -0.2) is 14.6 Å². The van der Waals surface area contributed by atoms with Gasteiger partial charge in [-0.05, 0) is 6.42 Å². The molecule has 0 aromatic rings. The number of hydrogen-bond donors (Lipinski definition) is 3. The molecule has 0 aromatic heterocycles. The molecular weight excluding hydrogens is 230 g/mol. The van der Waals surface area contributed by atoms with Crippen molar-refractivity contribution in [3.63, 3.8) is 0 Å². The van der Waals surface area contributed by atoms with Crippen LogP contribution in [0.4, 0.5) is 0 Å². The van der Waals surface area contributed by atoms with Gasteiger partial charge < -0.3 is 20.1 Å². The van der Waals surface area contributed by atoms with E-state index in [1.165, 1.54) is 6.08 Å². The lowest BCUT2D eigenvalue weighted by Gasteiger charge is -2.07. The highest BCUT2D eigenvalue weighted by atomic mass is 16.5. The highest BCUT2D eigenvalue weighted by Gasteiger charge is 2.02. The lowest BCUT2D eigenvalue weighted by Crippen LogP contribution is -2.17. The summed E-state index contributed by atoms with van der Waals surface area (Å²) in [5, 5.41) is 25.0. The van der Waals surface area contributed by atoms with E-state index in [1.54, 1.807) is 0 Å². The number of isocyanates is 1. The molecule has 7 nitrogen and oxygen atoms in total. The number of hydrogen-bond acceptors (Lipinski definition) is 6. The van der Waals surface area contributed by atoms with E-state index in [2.05, 4.69) is 11.6 Å². The Bertz CT molecular complexity index is 249. The van der Waals surface area contributed by atoms with Crippen LogP contribution in [0.3, 0.4) is 0 Å². The largest absolute Gasteiger partial charge is 0.478 e. The van der Waals surface area contributed by atoms with Crippen LogP contribution in [-0.2, 0) is 14.3 Å². The molecule has 1 unspecified atom stereocenters. The molecule has 0 amide bonds. The Morgan fingerprint density at radius 2 is 2.18 bits per heavy atom. The molecule has 1 atom stereocenters. The van der Waals surface area contributed by atoms with Crippen LogP contribution in [0, 0.1) is 0 Å². The topological polar surface area (TPSA) is 116 Å².